The number of phenols is 1. The van der Waals surface area contributed by atoms with Crippen molar-refractivity contribution in [1.29, 1.82) is 0 Å². The number of rotatable bonds is 4. The molecule has 90 valence electrons. The minimum Gasteiger partial charge on any atom is -0.502 e. The average molecular weight is 249 g/mol. The molecule has 0 spiro atoms. The molecule has 0 atom stereocenters. The van der Waals surface area contributed by atoms with Gasteiger partial charge in [0.25, 0.3) is 0 Å². The summed E-state index contributed by atoms with van der Waals surface area (Å²) in [5.74, 6) is -0.350. The summed E-state index contributed by atoms with van der Waals surface area (Å²) in [6.07, 6.45) is 0. The Labute approximate surface area is 92.6 Å². The van der Waals surface area contributed by atoms with E-state index in [1.165, 1.54) is 26.4 Å². The predicted octanol–water partition coefficient (Wildman–Crippen LogP) is -0.00830. The maximum absolute atomic E-state index is 10.7. The molecule has 3 N–H and O–H groups in total. The van der Waals surface area contributed by atoms with Crippen molar-refractivity contribution >= 4 is 10.3 Å². The minimum absolute atomic E-state index is 0.0120. The number of ether oxygens (including phenoxy) is 2. The molecule has 16 heavy (non-hydrogen) atoms. The summed E-state index contributed by atoms with van der Waals surface area (Å²) in [5.41, 5.74) is 0. The molecule has 0 radical (unpaired) electrons. The first-order valence-corrected chi connectivity index (χ1v) is 5.51. The molecule has 0 saturated heterocycles. The fourth-order valence-electron chi connectivity index (χ4n) is 1.05. The van der Waals surface area contributed by atoms with E-state index in [0.717, 1.165) is 0 Å². The van der Waals surface area contributed by atoms with Crippen LogP contribution in [0.15, 0.2) is 12.1 Å². The third-order valence-corrected chi connectivity index (χ3v) is 2.09. The molecule has 0 saturated carbocycles. The van der Waals surface area contributed by atoms with E-state index < -0.39 is 10.3 Å². The van der Waals surface area contributed by atoms with Crippen LogP contribution in [0.4, 0.5) is 0 Å². The van der Waals surface area contributed by atoms with Gasteiger partial charge in [0, 0.05) is 12.1 Å². The fraction of sp³-hybridized carbons (Fsp3) is 0.250. The van der Waals surface area contributed by atoms with Gasteiger partial charge in [0.15, 0.2) is 17.2 Å². The molecular formula is C8H11NO6S. The number of phenolic OH excluding ortho intramolecular Hbond substituents is 1. The molecule has 0 unspecified atom stereocenters. The highest BCUT2D eigenvalue weighted by atomic mass is 32.2. The van der Waals surface area contributed by atoms with Gasteiger partial charge >= 0.3 is 10.3 Å². The second kappa shape index (κ2) is 4.45. The Bertz CT molecular complexity index is 458. The molecule has 0 heterocycles. The lowest BCUT2D eigenvalue weighted by molar-refractivity contribution is 0.337. The van der Waals surface area contributed by atoms with Gasteiger partial charge in [-0.2, -0.15) is 13.6 Å². The SMILES string of the molecule is COc1cc(OS(N)(=O)=O)cc(OC)c1O. The van der Waals surface area contributed by atoms with Crippen molar-refractivity contribution in [2.24, 2.45) is 5.14 Å². The summed E-state index contributed by atoms with van der Waals surface area (Å²) in [6, 6.07) is 2.34. The highest BCUT2D eigenvalue weighted by Crippen LogP contribution is 2.39. The molecule has 0 aliphatic carbocycles. The van der Waals surface area contributed by atoms with Crippen LogP contribution in [0.1, 0.15) is 0 Å². The van der Waals surface area contributed by atoms with Crippen LogP contribution in [-0.2, 0) is 10.3 Å². The van der Waals surface area contributed by atoms with E-state index in [2.05, 4.69) is 4.18 Å². The van der Waals surface area contributed by atoms with E-state index >= 15 is 0 Å². The van der Waals surface area contributed by atoms with Crippen LogP contribution in [0, 0.1) is 0 Å². The number of benzene rings is 1. The van der Waals surface area contributed by atoms with Crippen LogP contribution in [0.2, 0.25) is 0 Å². The van der Waals surface area contributed by atoms with Crippen LogP contribution >= 0.6 is 0 Å². The van der Waals surface area contributed by atoms with E-state index in [-0.39, 0.29) is 23.0 Å². The molecule has 0 aliphatic heterocycles. The Kier molecular flexibility index (Phi) is 3.45. The highest BCUT2D eigenvalue weighted by Gasteiger charge is 2.14. The van der Waals surface area contributed by atoms with Gasteiger partial charge in [-0.05, 0) is 0 Å². The highest BCUT2D eigenvalue weighted by molar-refractivity contribution is 7.84. The first-order chi connectivity index (χ1) is 7.37. The van der Waals surface area contributed by atoms with Gasteiger partial charge in [-0.15, -0.1) is 0 Å². The molecule has 0 fully saturated rings. The molecular weight excluding hydrogens is 238 g/mol. The minimum atomic E-state index is -4.13. The number of hydrogen-bond donors (Lipinski definition) is 2. The van der Waals surface area contributed by atoms with Crippen LogP contribution in [0.25, 0.3) is 0 Å². The number of hydrogen-bond acceptors (Lipinski definition) is 6. The monoisotopic (exact) mass is 249 g/mol. The van der Waals surface area contributed by atoms with Crippen LogP contribution < -0.4 is 18.8 Å². The number of nitrogens with two attached hydrogens (primary N) is 1. The van der Waals surface area contributed by atoms with Crippen molar-refractivity contribution in [3.63, 3.8) is 0 Å². The van der Waals surface area contributed by atoms with Crippen LogP contribution in [0.3, 0.4) is 0 Å². The van der Waals surface area contributed by atoms with Crippen molar-refractivity contribution in [2.75, 3.05) is 14.2 Å². The van der Waals surface area contributed by atoms with Crippen LogP contribution in [0.5, 0.6) is 23.0 Å². The third-order valence-electron chi connectivity index (χ3n) is 1.67. The molecule has 1 rings (SSSR count). The van der Waals surface area contributed by atoms with Gasteiger partial charge in [-0.25, -0.2) is 0 Å². The van der Waals surface area contributed by atoms with Crippen molar-refractivity contribution in [3.8, 4) is 23.0 Å². The number of methoxy groups -OCH3 is 2. The van der Waals surface area contributed by atoms with E-state index in [9.17, 15) is 13.5 Å². The molecule has 8 heteroatoms. The molecule has 0 aromatic heterocycles. The molecule has 0 aliphatic rings. The quantitative estimate of drug-likeness (QED) is 0.777. The van der Waals surface area contributed by atoms with Gasteiger partial charge in [-0.3, -0.25) is 0 Å². The molecule has 7 nitrogen and oxygen atoms in total. The summed E-state index contributed by atoms with van der Waals surface area (Å²) < 4.78 is 35.4. The lowest BCUT2D eigenvalue weighted by Crippen LogP contribution is -2.19. The Morgan fingerprint density at radius 2 is 1.62 bits per heavy atom. The lowest BCUT2D eigenvalue weighted by Gasteiger charge is -2.10. The second-order valence-corrected chi connectivity index (χ2v) is 3.90. The summed E-state index contributed by atoms with van der Waals surface area (Å²) in [5, 5.41) is 14.2. The maximum Gasteiger partial charge on any atom is 0.380 e. The third kappa shape index (κ3) is 2.91. The number of aromatic hydroxyl groups is 1. The summed E-state index contributed by atoms with van der Waals surface area (Å²) >= 11 is 0. The van der Waals surface area contributed by atoms with E-state index in [1.807, 2.05) is 0 Å². The van der Waals surface area contributed by atoms with Crippen molar-refractivity contribution in [3.05, 3.63) is 12.1 Å². The Hall–Kier alpha value is -1.67. The zero-order chi connectivity index (χ0) is 12.3. The first-order valence-electron chi connectivity index (χ1n) is 4.04. The standard InChI is InChI=1S/C8H11NO6S/c1-13-6-3-5(15-16(9,11)12)4-7(14-2)8(6)10/h3-4,10H,1-2H3,(H2,9,11,12). The maximum atomic E-state index is 10.7. The van der Waals surface area contributed by atoms with Gasteiger partial charge in [-0.1, -0.05) is 0 Å². The smallest absolute Gasteiger partial charge is 0.380 e. The summed E-state index contributed by atoms with van der Waals surface area (Å²) in [4.78, 5) is 0. The Morgan fingerprint density at radius 1 is 1.19 bits per heavy atom. The van der Waals surface area contributed by atoms with Gasteiger partial charge < -0.3 is 18.8 Å². The van der Waals surface area contributed by atoms with Gasteiger partial charge in [0.2, 0.25) is 5.75 Å². The fourth-order valence-corrected chi connectivity index (χ4v) is 1.42. The zero-order valence-corrected chi connectivity index (χ0v) is 9.45. The molecule has 0 bridgehead atoms. The van der Waals surface area contributed by atoms with Crippen LogP contribution in [-0.4, -0.2) is 27.7 Å². The topological polar surface area (TPSA) is 108 Å². The van der Waals surface area contributed by atoms with Gasteiger partial charge in [0.05, 0.1) is 14.2 Å². The largest absolute Gasteiger partial charge is 0.502 e. The lowest BCUT2D eigenvalue weighted by atomic mass is 10.3. The Balaban J connectivity index is 3.22. The normalized spacial score (nSPS) is 10.9. The first kappa shape index (κ1) is 12.4. The second-order valence-electron chi connectivity index (χ2n) is 2.75. The average Bonchev–Trinajstić information content (AvgIpc) is 2.18. The summed E-state index contributed by atoms with van der Waals surface area (Å²) in [6.45, 7) is 0. The Morgan fingerprint density at radius 3 is 1.94 bits per heavy atom. The predicted molar refractivity (Wildman–Crippen MR) is 54.9 cm³/mol. The molecule has 0 amide bonds. The van der Waals surface area contributed by atoms with E-state index in [0.29, 0.717) is 0 Å². The molecule has 1 aromatic carbocycles. The van der Waals surface area contributed by atoms with E-state index in [4.69, 9.17) is 14.6 Å². The molecule has 1 aromatic rings. The van der Waals surface area contributed by atoms with Crippen molar-refractivity contribution < 1.29 is 27.2 Å². The van der Waals surface area contributed by atoms with Crippen molar-refractivity contribution in [2.45, 2.75) is 0 Å². The van der Waals surface area contributed by atoms with E-state index in [1.54, 1.807) is 0 Å². The van der Waals surface area contributed by atoms with Crippen molar-refractivity contribution in [1.82, 2.24) is 0 Å². The summed E-state index contributed by atoms with van der Waals surface area (Å²) in [7, 11) is -1.53. The van der Waals surface area contributed by atoms with Gasteiger partial charge in [0.1, 0.15) is 0 Å². The zero-order valence-electron chi connectivity index (χ0n) is 8.63.